The highest BCUT2D eigenvalue weighted by Crippen LogP contribution is 2.46. The van der Waals surface area contributed by atoms with Crippen LogP contribution in [0, 0.1) is 0 Å². The van der Waals surface area contributed by atoms with Crippen LogP contribution in [0.25, 0.3) is 0 Å². The zero-order valence-electron chi connectivity index (χ0n) is 17.1. The molecule has 1 atom stereocenters. The van der Waals surface area contributed by atoms with Gasteiger partial charge in [-0.15, -0.1) is 0 Å². The molecule has 0 fully saturated rings. The van der Waals surface area contributed by atoms with E-state index in [1.54, 1.807) is 0 Å². The third kappa shape index (κ3) is 3.96. The predicted molar refractivity (Wildman–Crippen MR) is 110 cm³/mol. The van der Waals surface area contributed by atoms with Gasteiger partial charge in [-0.3, -0.25) is 9.59 Å². The molecule has 28 heavy (non-hydrogen) atoms. The molecular formula is C24H29NO3. The Morgan fingerprint density at radius 2 is 1.57 bits per heavy atom. The third-order valence-corrected chi connectivity index (χ3v) is 5.95. The quantitative estimate of drug-likeness (QED) is 0.620. The first-order valence-corrected chi connectivity index (χ1v) is 9.77. The van der Waals surface area contributed by atoms with Crippen molar-refractivity contribution in [2.45, 2.75) is 63.9 Å². The molecule has 4 heteroatoms. The van der Waals surface area contributed by atoms with E-state index in [0.717, 1.165) is 18.4 Å². The van der Waals surface area contributed by atoms with Gasteiger partial charge < -0.3 is 10.5 Å². The van der Waals surface area contributed by atoms with Gasteiger partial charge in [0, 0.05) is 0 Å². The second-order valence-corrected chi connectivity index (χ2v) is 9.00. The molecule has 2 aromatic carbocycles. The molecule has 1 aliphatic carbocycles. The maximum absolute atomic E-state index is 12.7. The fraction of sp³-hybridized carbons (Fsp3) is 0.417. The van der Waals surface area contributed by atoms with E-state index in [4.69, 9.17) is 10.5 Å². The van der Waals surface area contributed by atoms with Crippen LogP contribution in [0.15, 0.2) is 48.5 Å². The van der Waals surface area contributed by atoms with Crippen molar-refractivity contribution in [1.82, 2.24) is 0 Å². The normalized spacial score (nSPS) is 18.0. The van der Waals surface area contributed by atoms with Crippen LogP contribution in [0.1, 0.15) is 68.7 Å². The zero-order chi connectivity index (χ0) is 20.5. The summed E-state index contributed by atoms with van der Waals surface area (Å²) in [6.07, 6.45) is 2.15. The monoisotopic (exact) mass is 379 g/mol. The van der Waals surface area contributed by atoms with E-state index in [9.17, 15) is 9.59 Å². The molecule has 4 nitrogen and oxygen atoms in total. The van der Waals surface area contributed by atoms with Crippen LogP contribution < -0.4 is 5.73 Å². The number of benzene rings is 2. The number of ether oxygens (including phenoxy) is 1. The van der Waals surface area contributed by atoms with Crippen LogP contribution in [-0.2, 0) is 31.8 Å². The van der Waals surface area contributed by atoms with E-state index in [0.29, 0.717) is 5.56 Å². The highest BCUT2D eigenvalue weighted by molar-refractivity contribution is 6.02. The molecule has 1 amide bonds. The van der Waals surface area contributed by atoms with Crippen LogP contribution in [0.3, 0.4) is 0 Å². The van der Waals surface area contributed by atoms with Crippen molar-refractivity contribution in [3.8, 4) is 0 Å². The van der Waals surface area contributed by atoms with E-state index >= 15 is 0 Å². The molecule has 0 bridgehead atoms. The minimum absolute atomic E-state index is 0.0169. The minimum Gasteiger partial charge on any atom is -0.460 e. The second-order valence-electron chi connectivity index (χ2n) is 9.00. The molecular weight excluding hydrogens is 350 g/mol. The van der Waals surface area contributed by atoms with E-state index < -0.39 is 17.8 Å². The molecule has 0 radical (unpaired) electrons. The van der Waals surface area contributed by atoms with Gasteiger partial charge in [-0.2, -0.15) is 0 Å². The topological polar surface area (TPSA) is 69.4 Å². The van der Waals surface area contributed by atoms with Crippen molar-refractivity contribution >= 4 is 11.9 Å². The Kier molecular flexibility index (Phi) is 5.33. The molecule has 3 rings (SSSR count). The van der Waals surface area contributed by atoms with E-state index in [1.165, 1.54) is 11.1 Å². The first-order valence-electron chi connectivity index (χ1n) is 9.77. The molecule has 0 heterocycles. The number of primary amides is 1. The molecule has 2 N–H and O–H groups in total. The first kappa shape index (κ1) is 20.1. The summed E-state index contributed by atoms with van der Waals surface area (Å²) in [6, 6.07) is 15.3. The van der Waals surface area contributed by atoms with Gasteiger partial charge in [0.15, 0.2) is 5.92 Å². The molecule has 0 aromatic heterocycles. The SMILES string of the molecule is CC1(C)CCC(C)(C)c2cc(C(C(N)=O)C(=O)OCc3ccccc3)ccc21. The van der Waals surface area contributed by atoms with E-state index in [1.807, 2.05) is 48.5 Å². The van der Waals surface area contributed by atoms with Crippen LogP contribution in [0.5, 0.6) is 0 Å². The smallest absolute Gasteiger partial charge is 0.323 e. The highest BCUT2D eigenvalue weighted by Gasteiger charge is 2.38. The van der Waals surface area contributed by atoms with Crippen molar-refractivity contribution in [2.75, 3.05) is 0 Å². The summed E-state index contributed by atoms with van der Waals surface area (Å²) in [5.41, 5.74) is 9.58. The summed E-state index contributed by atoms with van der Waals surface area (Å²) in [4.78, 5) is 24.8. The number of carbonyl (C=O) groups is 2. The summed E-state index contributed by atoms with van der Waals surface area (Å²) in [5, 5.41) is 0. The number of fused-ring (bicyclic) bond motifs is 1. The van der Waals surface area contributed by atoms with Gasteiger partial charge in [0.1, 0.15) is 6.61 Å². The van der Waals surface area contributed by atoms with Crippen molar-refractivity contribution in [3.63, 3.8) is 0 Å². The van der Waals surface area contributed by atoms with Crippen molar-refractivity contribution < 1.29 is 14.3 Å². The zero-order valence-corrected chi connectivity index (χ0v) is 17.1. The number of carbonyl (C=O) groups excluding carboxylic acids is 2. The van der Waals surface area contributed by atoms with Gasteiger partial charge in [0.2, 0.25) is 5.91 Å². The second kappa shape index (κ2) is 7.42. The summed E-state index contributed by atoms with van der Waals surface area (Å²) >= 11 is 0. The number of rotatable bonds is 5. The van der Waals surface area contributed by atoms with Gasteiger partial charge in [-0.25, -0.2) is 0 Å². The third-order valence-electron chi connectivity index (χ3n) is 5.95. The van der Waals surface area contributed by atoms with Crippen molar-refractivity contribution in [2.24, 2.45) is 5.73 Å². The Balaban J connectivity index is 1.90. The Labute approximate surface area is 167 Å². The molecule has 148 valence electrons. The maximum Gasteiger partial charge on any atom is 0.323 e. The highest BCUT2D eigenvalue weighted by atomic mass is 16.5. The van der Waals surface area contributed by atoms with E-state index in [-0.39, 0.29) is 17.4 Å². The van der Waals surface area contributed by atoms with Crippen LogP contribution >= 0.6 is 0 Å². The predicted octanol–water partition coefficient (Wildman–Crippen LogP) is 4.35. The fourth-order valence-corrected chi connectivity index (χ4v) is 4.01. The lowest BCUT2D eigenvalue weighted by molar-refractivity contribution is -0.149. The van der Waals surface area contributed by atoms with Gasteiger partial charge in [-0.1, -0.05) is 76.2 Å². The van der Waals surface area contributed by atoms with Gasteiger partial charge in [0.25, 0.3) is 0 Å². The molecule has 2 aromatic rings. The van der Waals surface area contributed by atoms with Crippen LogP contribution in [0.2, 0.25) is 0 Å². The number of esters is 1. The van der Waals surface area contributed by atoms with Crippen molar-refractivity contribution in [1.29, 1.82) is 0 Å². The average molecular weight is 380 g/mol. The summed E-state index contributed by atoms with van der Waals surface area (Å²) in [6.45, 7) is 9.00. The summed E-state index contributed by atoms with van der Waals surface area (Å²) < 4.78 is 5.40. The number of hydrogen-bond donors (Lipinski definition) is 1. The molecule has 0 saturated carbocycles. The maximum atomic E-state index is 12.7. The molecule has 1 unspecified atom stereocenters. The average Bonchev–Trinajstić information content (AvgIpc) is 2.65. The fourth-order valence-electron chi connectivity index (χ4n) is 4.01. The number of nitrogens with two attached hydrogens (primary N) is 1. The Hall–Kier alpha value is -2.62. The Bertz CT molecular complexity index is 884. The first-order chi connectivity index (χ1) is 13.1. The minimum atomic E-state index is -1.10. The molecule has 0 saturated heterocycles. The summed E-state index contributed by atoms with van der Waals surface area (Å²) in [7, 11) is 0. The van der Waals surface area contributed by atoms with Crippen molar-refractivity contribution in [3.05, 3.63) is 70.8 Å². The molecule has 0 spiro atoms. The van der Waals surface area contributed by atoms with E-state index in [2.05, 4.69) is 27.7 Å². The molecule has 1 aliphatic rings. The lowest BCUT2D eigenvalue weighted by Gasteiger charge is -2.42. The van der Waals surface area contributed by atoms with Gasteiger partial charge >= 0.3 is 5.97 Å². The molecule has 0 aliphatic heterocycles. The Morgan fingerprint density at radius 1 is 0.964 bits per heavy atom. The largest absolute Gasteiger partial charge is 0.460 e. The van der Waals surface area contributed by atoms with Gasteiger partial charge in [-0.05, 0) is 45.9 Å². The number of hydrogen-bond acceptors (Lipinski definition) is 3. The van der Waals surface area contributed by atoms with Gasteiger partial charge in [0.05, 0.1) is 0 Å². The lowest BCUT2D eigenvalue weighted by atomic mass is 9.62. The standard InChI is InChI=1S/C24H29NO3/c1-23(2)12-13-24(3,4)19-14-17(10-11-18(19)23)20(21(25)26)22(27)28-15-16-8-6-5-7-9-16/h5-11,14,20H,12-13,15H2,1-4H3,(H2,25,26). The van der Waals surface area contributed by atoms with Crippen LogP contribution in [-0.4, -0.2) is 11.9 Å². The van der Waals surface area contributed by atoms with Crippen LogP contribution in [0.4, 0.5) is 0 Å². The lowest BCUT2D eigenvalue weighted by Crippen LogP contribution is -2.35. The summed E-state index contributed by atoms with van der Waals surface area (Å²) in [5.74, 6) is -2.40. The Morgan fingerprint density at radius 3 is 2.18 bits per heavy atom. The number of amides is 1.